The van der Waals surface area contributed by atoms with Crippen LogP contribution < -0.4 is 144 Å². The minimum absolute atomic E-state index is 0. The molecule has 0 aromatic heterocycles. The zero-order valence-electron chi connectivity index (χ0n) is 8.68. The van der Waals surface area contributed by atoms with Gasteiger partial charge in [0.15, 0.2) is 0 Å². The van der Waals surface area contributed by atoms with E-state index in [4.69, 9.17) is 29.1 Å². The first-order chi connectivity index (χ1) is 4.27. The molecule has 7 nitrogen and oxygen atoms in total. The molecule has 62 valence electrons. The van der Waals surface area contributed by atoms with E-state index in [1.165, 1.54) is 0 Å². The monoisotopic (exact) mass is 261 g/mol. The summed E-state index contributed by atoms with van der Waals surface area (Å²) in [4.78, 5) is 34.8. The van der Waals surface area contributed by atoms with Crippen LogP contribution in [0.15, 0.2) is 0 Å². The minimum Gasteiger partial charge on any atom is -0.822 e. The molecule has 0 aliphatic heterocycles. The van der Waals surface area contributed by atoms with Crippen molar-refractivity contribution in [2.45, 2.75) is 0 Å². The second-order valence-corrected chi connectivity index (χ2v) is 1.92. The average Bonchev–Trinajstić information content (AvgIpc) is 1.61. The summed E-state index contributed by atoms with van der Waals surface area (Å²) < 4.78 is 8.55. The van der Waals surface area contributed by atoms with Gasteiger partial charge in [-0.1, -0.05) is 0 Å². The van der Waals surface area contributed by atoms with Crippen LogP contribution in [0.2, 0.25) is 0 Å². The fraction of sp³-hybridized carbons (Fsp3) is 0.500. The number of carboxylic acid groups (broad SMARTS) is 1. The van der Waals surface area contributed by atoms with E-state index in [0.29, 0.717) is 0 Å². The zero-order valence-corrected chi connectivity index (χ0v) is 17.6. The predicted octanol–water partition coefficient (Wildman–Crippen LogP) is -17.1. The number of aliphatic carboxylic acids is 1. The molecule has 0 aliphatic carbocycles. The smallest absolute Gasteiger partial charge is 0.822 e. The van der Waals surface area contributed by atoms with Gasteiger partial charge in [-0.25, -0.2) is 0 Å². The summed E-state index contributed by atoms with van der Waals surface area (Å²) in [7, 11) is -5.39. The Balaban J connectivity index is -0.0000000178. The summed E-state index contributed by atoms with van der Waals surface area (Å²) in [5.41, 5.74) is 4.51. The van der Waals surface area contributed by atoms with Crippen LogP contribution in [0.3, 0.4) is 0 Å². The average molecular weight is 261 g/mol. The van der Waals surface area contributed by atoms with Gasteiger partial charge in [0.2, 0.25) is 0 Å². The van der Waals surface area contributed by atoms with Gasteiger partial charge in [0.25, 0.3) is 0 Å². The Bertz CT molecular complexity index is 143. The van der Waals surface area contributed by atoms with E-state index in [0.717, 1.165) is 0 Å². The molecule has 0 aromatic carbocycles. The van der Waals surface area contributed by atoms with Gasteiger partial charge in [0, 0.05) is 6.54 Å². The Labute approximate surface area is 170 Å². The van der Waals surface area contributed by atoms with Gasteiger partial charge in [-0.15, -0.1) is 0 Å². The number of carboxylic acids is 1. The molecular weight excluding hydrogens is 257 g/mol. The van der Waals surface area contributed by atoms with Crippen molar-refractivity contribution in [3.8, 4) is 0 Å². The number of carbonyl (C=O) groups excluding carboxylic acids is 1. The van der Waals surface area contributed by atoms with Crippen LogP contribution in [0.5, 0.6) is 0 Å². The fourth-order valence-electron chi connectivity index (χ4n) is 0. The Kier molecular flexibility index (Phi) is 56.1. The van der Waals surface area contributed by atoms with Gasteiger partial charge in [-0.05, 0) is 0 Å². The Morgan fingerprint density at radius 1 is 1.07 bits per heavy atom. The maximum atomic E-state index is 9.13. The van der Waals surface area contributed by atoms with Crippen molar-refractivity contribution in [3.63, 3.8) is 0 Å². The molecule has 0 heterocycles. The van der Waals surface area contributed by atoms with Crippen LogP contribution in [0, 0.1) is 0 Å². The van der Waals surface area contributed by atoms with E-state index in [9.17, 15) is 0 Å². The molecule has 0 aromatic rings. The molecule has 0 fully saturated rings. The maximum Gasteiger partial charge on any atom is 1.00 e. The largest absolute Gasteiger partial charge is 1.00 e. The summed E-state index contributed by atoms with van der Waals surface area (Å²) in [5.74, 6) is -1.22. The quantitative estimate of drug-likeness (QED) is 0.363. The van der Waals surface area contributed by atoms with Crippen molar-refractivity contribution in [1.82, 2.24) is 0 Å². The third-order valence-corrected chi connectivity index (χ3v) is 0.167. The van der Waals surface area contributed by atoms with Crippen molar-refractivity contribution in [1.29, 1.82) is 0 Å². The van der Waals surface area contributed by atoms with Crippen molar-refractivity contribution in [3.05, 3.63) is 0 Å². The molecule has 12 heteroatoms. The third-order valence-electron chi connectivity index (χ3n) is 0.167. The molecule has 2 N–H and O–H groups in total. The van der Waals surface area contributed by atoms with E-state index < -0.39 is 13.8 Å². The third kappa shape index (κ3) is 107. The van der Waals surface area contributed by atoms with E-state index in [1.807, 2.05) is 0 Å². The summed E-state index contributed by atoms with van der Waals surface area (Å²) >= 11 is 0. The van der Waals surface area contributed by atoms with Crippen LogP contribution in [-0.2, 0) is 9.36 Å². The molecule has 0 amide bonds. The van der Waals surface area contributed by atoms with E-state index >= 15 is 0 Å². The van der Waals surface area contributed by atoms with Crippen LogP contribution in [0.4, 0.5) is 0 Å². The number of nitrogens with two attached hydrogens (primary N) is 1. The molecule has 0 atom stereocenters. The molecule has 0 saturated carbocycles. The first-order valence-corrected chi connectivity index (χ1v) is 3.36. The molecule has 0 aliphatic rings. The standard InChI is InChI=1S/C2H5NO2.4Na.H3O4P/c3-1-2(4)5;;;;;1-5(2,3)4/h1,3H2,(H,4,5);;;;;(H3,1,2,3,4)/q;4*+1;/p-4. The first kappa shape index (κ1) is 36.0. The molecule has 0 spiro atoms. The van der Waals surface area contributed by atoms with Gasteiger partial charge in [-0.2, -0.15) is 7.82 Å². The van der Waals surface area contributed by atoms with Gasteiger partial charge in [-0.3, -0.25) is 0 Å². The predicted molar refractivity (Wildman–Crippen MR) is 21.7 cm³/mol. The van der Waals surface area contributed by atoms with Gasteiger partial charge in [0.1, 0.15) is 0 Å². The first-order valence-electron chi connectivity index (χ1n) is 1.90. The Morgan fingerprint density at radius 3 is 1.14 bits per heavy atom. The van der Waals surface area contributed by atoms with Crippen molar-refractivity contribution in [2.24, 2.45) is 5.73 Å². The minimum atomic E-state index is -5.39. The second kappa shape index (κ2) is 21.8. The Hall–Kier alpha value is 3.54. The number of hydrogen-bond acceptors (Lipinski definition) is 7. The van der Waals surface area contributed by atoms with E-state index in [-0.39, 0.29) is 125 Å². The normalized spacial score (nSPS) is 6.86. The second-order valence-electron chi connectivity index (χ2n) is 1.02. The van der Waals surface area contributed by atoms with Gasteiger partial charge in [0.05, 0.1) is 5.97 Å². The summed E-state index contributed by atoms with van der Waals surface area (Å²) in [6, 6.07) is 0. The molecular formula is C2H4NNa4O6P. The van der Waals surface area contributed by atoms with Gasteiger partial charge < -0.3 is 34.9 Å². The summed E-state index contributed by atoms with van der Waals surface area (Å²) in [5, 5.41) is 9.13. The van der Waals surface area contributed by atoms with Crippen LogP contribution in [0.1, 0.15) is 0 Å². The fourth-order valence-corrected chi connectivity index (χ4v) is 0. The SMILES string of the molecule is NCC(=O)[O-].O=P([O-])([O-])[O-].[Na+].[Na+].[Na+].[Na+]. The van der Waals surface area contributed by atoms with E-state index in [2.05, 4.69) is 5.73 Å². The van der Waals surface area contributed by atoms with Crippen molar-refractivity contribution in [2.75, 3.05) is 6.54 Å². The number of rotatable bonds is 1. The number of phosphoric acid groups is 1. The van der Waals surface area contributed by atoms with Crippen molar-refractivity contribution < 1.29 is 147 Å². The van der Waals surface area contributed by atoms with Crippen molar-refractivity contribution >= 4 is 13.8 Å². The Morgan fingerprint density at radius 2 is 1.14 bits per heavy atom. The number of carbonyl (C=O) groups is 1. The van der Waals surface area contributed by atoms with Crippen LogP contribution in [0.25, 0.3) is 0 Å². The topological polar surface area (TPSA) is 152 Å². The molecule has 0 rings (SSSR count). The molecule has 0 radical (unpaired) electrons. The zero-order chi connectivity index (χ0) is 8.78. The number of hydrogen-bond donors (Lipinski definition) is 1. The summed E-state index contributed by atoms with van der Waals surface area (Å²) in [6.45, 7) is -0.389. The maximum absolute atomic E-state index is 9.13. The molecule has 0 bridgehead atoms. The molecule has 14 heavy (non-hydrogen) atoms. The molecule has 0 unspecified atom stereocenters. The van der Waals surface area contributed by atoms with Crippen LogP contribution in [-0.4, -0.2) is 12.5 Å². The van der Waals surface area contributed by atoms with Gasteiger partial charge >= 0.3 is 118 Å². The summed E-state index contributed by atoms with van der Waals surface area (Å²) in [6.07, 6.45) is 0. The van der Waals surface area contributed by atoms with E-state index in [1.54, 1.807) is 0 Å². The molecule has 0 saturated heterocycles. The van der Waals surface area contributed by atoms with Crippen LogP contribution >= 0.6 is 7.82 Å².